The molecule has 0 amide bonds. The molecule has 90 valence electrons. The number of aryl methyl sites for hydroxylation is 1. The Balaban J connectivity index is 2.76. The fourth-order valence-corrected chi connectivity index (χ4v) is 2.00. The van der Waals surface area contributed by atoms with Crippen molar-refractivity contribution in [3.63, 3.8) is 0 Å². The van der Waals surface area contributed by atoms with Gasteiger partial charge in [0, 0.05) is 5.39 Å². The van der Waals surface area contributed by atoms with Gasteiger partial charge in [-0.1, -0.05) is 6.07 Å². The Morgan fingerprint density at radius 3 is 2.12 bits per heavy atom. The van der Waals surface area contributed by atoms with Crippen LogP contribution >= 0.6 is 0 Å². The van der Waals surface area contributed by atoms with E-state index in [4.69, 9.17) is 14.2 Å². The Morgan fingerprint density at radius 1 is 0.824 bits per heavy atom. The van der Waals surface area contributed by atoms with Crippen molar-refractivity contribution < 1.29 is 14.2 Å². The average molecular weight is 232 g/mol. The van der Waals surface area contributed by atoms with Gasteiger partial charge in [0.05, 0.1) is 21.3 Å². The lowest BCUT2D eigenvalue weighted by molar-refractivity contribution is 0.358. The van der Waals surface area contributed by atoms with E-state index in [9.17, 15) is 0 Å². The van der Waals surface area contributed by atoms with Gasteiger partial charge in [0.25, 0.3) is 0 Å². The molecule has 0 aliphatic carbocycles. The molecule has 0 unspecified atom stereocenters. The van der Waals surface area contributed by atoms with E-state index >= 15 is 0 Å². The van der Waals surface area contributed by atoms with Crippen LogP contribution < -0.4 is 14.2 Å². The number of hydrogen-bond donors (Lipinski definition) is 0. The Hall–Kier alpha value is -1.90. The van der Waals surface area contributed by atoms with Crippen molar-refractivity contribution in [1.82, 2.24) is 0 Å². The van der Waals surface area contributed by atoms with E-state index in [0.717, 1.165) is 33.6 Å². The summed E-state index contributed by atoms with van der Waals surface area (Å²) < 4.78 is 16.0. The molecule has 0 heterocycles. The molecule has 0 bridgehead atoms. The molecule has 17 heavy (non-hydrogen) atoms. The second kappa shape index (κ2) is 4.53. The van der Waals surface area contributed by atoms with Gasteiger partial charge in [0.1, 0.15) is 5.75 Å². The number of benzene rings is 2. The molecule has 2 aromatic carbocycles. The number of methoxy groups -OCH3 is 3. The predicted octanol–water partition coefficient (Wildman–Crippen LogP) is 3.17. The Bertz CT molecular complexity index is 547. The van der Waals surface area contributed by atoms with E-state index in [1.54, 1.807) is 21.3 Å². The quantitative estimate of drug-likeness (QED) is 0.813. The summed E-state index contributed by atoms with van der Waals surface area (Å²) in [6.07, 6.45) is 0. The maximum atomic E-state index is 5.41. The van der Waals surface area contributed by atoms with Gasteiger partial charge >= 0.3 is 0 Å². The van der Waals surface area contributed by atoms with Crippen molar-refractivity contribution in [3.05, 3.63) is 29.8 Å². The fourth-order valence-electron chi connectivity index (χ4n) is 2.00. The Kier molecular flexibility index (Phi) is 3.09. The molecule has 0 spiro atoms. The molecule has 0 aromatic heterocycles. The molecule has 0 aliphatic rings. The van der Waals surface area contributed by atoms with Crippen LogP contribution in [0.4, 0.5) is 0 Å². The second-order valence-electron chi connectivity index (χ2n) is 3.84. The lowest BCUT2D eigenvalue weighted by atomic mass is 10.1. The minimum absolute atomic E-state index is 0.740. The zero-order chi connectivity index (χ0) is 12.4. The largest absolute Gasteiger partial charge is 0.496 e. The van der Waals surface area contributed by atoms with E-state index in [1.165, 1.54) is 0 Å². The van der Waals surface area contributed by atoms with Crippen molar-refractivity contribution in [3.8, 4) is 17.2 Å². The van der Waals surface area contributed by atoms with Crippen LogP contribution in [0.25, 0.3) is 10.8 Å². The smallest absolute Gasteiger partial charge is 0.168 e. The van der Waals surface area contributed by atoms with E-state index in [0.29, 0.717) is 0 Å². The third-order valence-electron chi connectivity index (χ3n) is 2.87. The van der Waals surface area contributed by atoms with Gasteiger partial charge in [-0.25, -0.2) is 0 Å². The maximum absolute atomic E-state index is 5.41. The van der Waals surface area contributed by atoms with Crippen molar-refractivity contribution in [2.24, 2.45) is 0 Å². The monoisotopic (exact) mass is 232 g/mol. The molecule has 3 nitrogen and oxygen atoms in total. The van der Waals surface area contributed by atoms with Crippen LogP contribution in [0.15, 0.2) is 24.3 Å². The molecule has 2 aromatic rings. The zero-order valence-electron chi connectivity index (χ0n) is 10.5. The first-order valence-electron chi connectivity index (χ1n) is 5.40. The molecule has 0 N–H and O–H groups in total. The summed E-state index contributed by atoms with van der Waals surface area (Å²) in [6.45, 7) is 2.01. The molecule has 0 aliphatic heterocycles. The Labute approximate surface area is 101 Å². The van der Waals surface area contributed by atoms with Gasteiger partial charge in [-0.2, -0.15) is 0 Å². The van der Waals surface area contributed by atoms with Crippen LogP contribution in [0.3, 0.4) is 0 Å². The Morgan fingerprint density at radius 2 is 1.53 bits per heavy atom. The first-order chi connectivity index (χ1) is 8.21. The first kappa shape index (κ1) is 11.6. The normalized spacial score (nSPS) is 10.4. The van der Waals surface area contributed by atoms with Gasteiger partial charge in [0.2, 0.25) is 0 Å². The first-order valence-corrected chi connectivity index (χ1v) is 5.40. The van der Waals surface area contributed by atoms with Crippen LogP contribution in [-0.2, 0) is 0 Å². The summed E-state index contributed by atoms with van der Waals surface area (Å²) in [5.74, 6) is 2.38. The average Bonchev–Trinajstić information content (AvgIpc) is 2.36. The van der Waals surface area contributed by atoms with Gasteiger partial charge in [-0.3, -0.25) is 0 Å². The van der Waals surface area contributed by atoms with Gasteiger partial charge < -0.3 is 14.2 Å². The van der Waals surface area contributed by atoms with Gasteiger partial charge in [-0.15, -0.1) is 0 Å². The fraction of sp³-hybridized carbons (Fsp3) is 0.286. The van der Waals surface area contributed by atoms with Crippen molar-refractivity contribution in [2.75, 3.05) is 21.3 Å². The highest BCUT2D eigenvalue weighted by atomic mass is 16.5. The highest BCUT2D eigenvalue weighted by molar-refractivity contribution is 5.92. The molecule has 0 saturated heterocycles. The van der Waals surface area contributed by atoms with E-state index in [1.807, 2.05) is 25.1 Å². The SMILES string of the molecule is COc1cc2ccc(OC)c(OC)c2cc1C. The third kappa shape index (κ3) is 1.88. The highest BCUT2D eigenvalue weighted by Gasteiger charge is 2.10. The van der Waals surface area contributed by atoms with Crippen LogP contribution in [0.1, 0.15) is 5.56 Å². The highest BCUT2D eigenvalue weighted by Crippen LogP contribution is 2.37. The number of ether oxygens (including phenoxy) is 3. The number of rotatable bonds is 3. The molecular weight excluding hydrogens is 216 g/mol. The topological polar surface area (TPSA) is 27.7 Å². The second-order valence-corrected chi connectivity index (χ2v) is 3.84. The number of hydrogen-bond acceptors (Lipinski definition) is 3. The lowest BCUT2D eigenvalue weighted by Gasteiger charge is -2.13. The van der Waals surface area contributed by atoms with Crippen LogP contribution in [0, 0.1) is 6.92 Å². The van der Waals surface area contributed by atoms with Crippen molar-refractivity contribution in [1.29, 1.82) is 0 Å². The summed E-state index contributed by atoms with van der Waals surface area (Å²) in [7, 11) is 4.96. The molecular formula is C14H16O3. The van der Waals surface area contributed by atoms with Gasteiger partial charge in [0.15, 0.2) is 11.5 Å². The van der Waals surface area contributed by atoms with Crippen molar-refractivity contribution in [2.45, 2.75) is 6.92 Å². The minimum Gasteiger partial charge on any atom is -0.496 e. The summed E-state index contributed by atoms with van der Waals surface area (Å²) in [5, 5.41) is 2.11. The lowest BCUT2D eigenvalue weighted by Crippen LogP contribution is -1.93. The zero-order valence-corrected chi connectivity index (χ0v) is 10.5. The third-order valence-corrected chi connectivity index (χ3v) is 2.87. The molecule has 0 atom stereocenters. The van der Waals surface area contributed by atoms with Crippen molar-refractivity contribution >= 4 is 10.8 Å². The number of fused-ring (bicyclic) bond motifs is 1. The van der Waals surface area contributed by atoms with E-state index < -0.39 is 0 Å². The van der Waals surface area contributed by atoms with Gasteiger partial charge in [-0.05, 0) is 36.1 Å². The molecule has 0 radical (unpaired) electrons. The maximum Gasteiger partial charge on any atom is 0.168 e. The van der Waals surface area contributed by atoms with E-state index in [2.05, 4.69) is 6.07 Å². The predicted molar refractivity (Wildman–Crippen MR) is 68.3 cm³/mol. The van der Waals surface area contributed by atoms with Crippen LogP contribution in [0.2, 0.25) is 0 Å². The van der Waals surface area contributed by atoms with E-state index in [-0.39, 0.29) is 0 Å². The minimum atomic E-state index is 0.740. The molecule has 0 saturated carbocycles. The molecule has 3 heteroatoms. The van der Waals surface area contributed by atoms with Crippen LogP contribution in [-0.4, -0.2) is 21.3 Å². The summed E-state index contributed by atoms with van der Waals surface area (Å²) in [4.78, 5) is 0. The summed E-state index contributed by atoms with van der Waals surface area (Å²) >= 11 is 0. The summed E-state index contributed by atoms with van der Waals surface area (Å²) in [6, 6.07) is 7.96. The molecule has 2 rings (SSSR count). The van der Waals surface area contributed by atoms with Crippen LogP contribution in [0.5, 0.6) is 17.2 Å². The standard InChI is InChI=1S/C14H16O3/c1-9-7-11-10(8-13(9)16-3)5-6-12(15-2)14(11)17-4/h5-8H,1-4H3. The molecule has 0 fully saturated rings. The summed E-state index contributed by atoms with van der Waals surface area (Å²) in [5.41, 5.74) is 1.08.